The van der Waals surface area contributed by atoms with Gasteiger partial charge in [0, 0.05) is 32.4 Å². The van der Waals surface area contributed by atoms with Crippen LogP contribution in [-0.2, 0) is 0 Å². The highest BCUT2D eigenvalue weighted by Gasteiger charge is 2.42. The van der Waals surface area contributed by atoms with Crippen molar-refractivity contribution >= 4 is 11.8 Å². The fraction of sp³-hybridized carbons (Fsp3) is 0.391. The molecule has 2 aliphatic heterocycles. The second-order valence-electron chi connectivity index (χ2n) is 8.08. The maximum Gasteiger partial charge on any atom is 0.256 e. The molecule has 2 aliphatic rings. The van der Waals surface area contributed by atoms with Crippen LogP contribution in [0.25, 0.3) is 0 Å². The number of fused-ring (bicyclic) bond motifs is 1. The highest BCUT2D eigenvalue weighted by Crippen LogP contribution is 2.32. The summed E-state index contributed by atoms with van der Waals surface area (Å²) in [4.78, 5) is 33.4. The van der Waals surface area contributed by atoms with Gasteiger partial charge >= 0.3 is 0 Å². The number of primary amides is 1. The Morgan fingerprint density at radius 1 is 1.10 bits per heavy atom. The first kappa shape index (κ1) is 19.6. The number of benzene rings is 1. The van der Waals surface area contributed by atoms with Crippen molar-refractivity contribution in [3.05, 3.63) is 71.4 Å². The lowest BCUT2D eigenvalue weighted by Gasteiger charge is -2.22. The molecule has 2 N–H and O–H groups in total. The molecule has 1 radical (unpaired) electrons. The number of nitrogens with two attached hydrogens (primary N) is 1. The van der Waals surface area contributed by atoms with Crippen LogP contribution in [0.3, 0.4) is 0 Å². The molecule has 2 fully saturated rings. The predicted octanol–water partition coefficient (Wildman–Crippen LogP) is 2.14. The van der Waals surface area contributed by atoms with E-state index in [1.807, 2.05) is 11.0 Å². The van der Waals surface area contributed by atoms with E-state index in [0.29, 0.717) is 23.1 Å². The number of nitrogens with zero attached hydrogens (tertiary/aromatic N) is 3. The zero-order valence-electron chi connectivity index (χ0n) is 16.8. The van der Waals surface area contributed by atoms with Crippen LogP contribution in [-0.4, -0.2) is 59.3 Å². The van der Waals surface area contributed by atoms with Gasteiger partial charge in [-0.25, -0.2) is 0 Å². The average Bonchev–Trinajstić information content (AvgIpc) is 3.27. The highest BCUT2D eigenvalue weighted by atomic mass is 16.2. The van der Waals surface area contributed by atoms with Gasteiger partial charge < -0.3 is 15.5 Å². The van der Waals surface area contributed by atoms with Gasteiger partial charge in [0.15, 0.2) is 0 Å². The number of rotatable bonds is 6. The van der Waals surface area contributed by atoms with Crippen LogP contribution < -0.4 is 5.73 Å². The van der Waals surface area contributed by atoms with Crippen LogP contribution in [0.2, 0.25) is 0 Å². The van der Waals surface area contributed by atoms with Crippen LogP contribution in [0.5, 0.6) is 0 Å². The maximum atomic E-state index is 13.1. The lowest BCUT2D eigenvalue weighted by Crippen LogP contribution is -2.35. The minimum atomic E-state index is -0.584. The Kier molecular flexibility index (Phi) is 5.62. The SMILES string of the molecule is Cc1nccc(C(N)=O)c1C(=O)N1CC2CN(CC[CH]c3ccccc3)C[C@H]2C1. The molecular weight excluding hydrogens is 364 g/mol. The molecule has 3 heterocycles. The Morgan fingerprint density at radius 2 is 1.79 bits per heavy atom. The van der Waals surface area contributed by atoms with Crippen LogP contribution in [0.15, 0.2) is 42.6 Å². The number of pyridine rings is 1. The van der Waals surface area contributed by atoms with E-state index in [1.54, 1.807) is 6.92 Å². The van der Waals surface area contributed by atoms with E-state index < -0.39 is 5.91 Å². The van der Waals surface area contributed by atoms with Gasteiger partial charge in [0.05, 0.1) is 16.8 Å². The molecule has 0 saturated carbocycles. The molecule has 1 aromatic heterocycles. The molecule has 6 heteroatoms. The molecule has 6 nitrogen and oxygen atoms in total. The summed E-state index contributed by atoms with van der Waals surface area (Å²) < 4.78 is 0. The molecule has 2 amide bonds. The van der Waals surface area contributed by atoms with Crippen molar-refractivity contribution in [2.75, 3.05) is 32.7 Å². The Hall–Kier alpha value is -2.73. The first-order chi connectivity index (χ1) is 14.0. The van der Waals surface area contributed by atoms with Gasteiger partial charge in [-0.1, -0.05) is 30.3 Å². The van der Waals surface area contributed by atoms with E-state index >= 15 is 0 Å². The molecule has 2 saturated heterocycles. The molecule has 1 aromatic carbocycles. The first-order valence-corrected chi connectivity index (χ1v) is 10.2. The molecule has 4 rings (SSSR count). The number of carbonyl (C=O) groups is 2. The van der Waals surface area contributed by atoms with E-state index in [1.165, 1.54) is 17.8 Å². The number of carbonyl (C=O) groups excluding carboxylic acids is 2. The topological polar surface area (TPSA) is 79.5 Å². The molecule has 151 valence electrons. The summed E-state index contributed by atoms with van der Waals surface area (Å²) in [7, 11) is 0. The lowest BCUT2D eigenvalue weighted by atomic mass is 10.0. The van der Waals surface area contributed by atoms with Gasteiger partial charge in [0.25, 0.3) is 5.91 Å². The Morgan fingerprint density at radius 3 is 2.45 bits per heavy atom. The number of aromatic nitrogens is 1. The minimum Gasteiger partial charge on any atom is -0.366 e. The van der Waals surface area contributed by atoms with Crippen molar-refractivity contribution in [1.82, 2.24) is 14.8 Å². The van der Waals surface area contributed by atoms with Gasteiger partial charge in [0.1, 0.15) is 0 Å². The number of aryl methyl sites for hydroxylation is 1. The van der Waals surface area contributed by atoms with Gasteiger partial charge in [0.2, 0.25) is 5.91 Å². The quantitative estimate of drug-likeness (QED) is 0.818. The van der Waals surface area contributed by atoms with E-state index in [2.05, 4.69) is 40.6 Å². The largest absolute Gasteiger partial charge is 0.366 e. The van der Waals surface area contributed by atoms with Crippen molar-refractivity contribution in [2.45, 2.75) is 13.3 Å². The van der Waals surface area contributed by atoms with Crippen LogP contribution in [0.4, 0.5) is 0 Å². The summed E-state index contributed by atoms with van der Waals surface area (Å²) >= 11 is 0. The highest BCUT2D eigenvalue weighted by molar-refractivity contribution is 6.07. The third-order valence-corrected chi connectivity index (χ3v) is 6.09. The standard InChI is InChI=1S/C23H27N4O2/c1-16-21(20(22(24)28)9-10-25-16)23(29)27-14-18-12-26(13-19(18)15-27)11-5-8-17-6-3-2-4-7-17/h2-4,6-10,18-19H,5,11-15H2,1H3,(H2,24,28)/t18-,19?/m0/s1. The summed E-state index contributed by atoms with van der Waals surface area (Å²) in [5, 5.41) is 0. The number of amides is 2. The maximum absolute atomic E-state index is 13.1. The van der Waals surface area contributed by atoms with E-state index in [0.717, 1.165) is 39.1 Å². The Balaban J connectivity index is 1.32. The number of hydrogen-bond donors (Lipinski definition) is 1. The van der Waals surface area contributed by atoms with Crippen molar-refractivity contribution in [3.8, 4) is 0 Å². The third-order valence-electron chi connectivity index (χ3n) is 6.09. The number of hydrogen-bond acceptors (Lipinski definition) is 4. The van der Waals surface area contributed by atoms with Crippen molar-refractivity contribution in [2.24, 2.45) is 17.6 Å². The first-order valence-electron chi connectivity index (χ1n) is 10.2. The molecule has 0 aliphatic carbocycles. The van der Waals surface area contributed by atoms with E-state index in [9.17, 15) is 9.59 Å². The molecule has 0 bridgehead atoms. The fourth-order valence-corrected chi connectivity index (χ4v) is 4.64. The summed E-state index contributed by atoms with van der Waals surface area (Å²) in [6.07, 6.45) is 4.83. The third kappa shape index (κ3) is 4.17. The second-order valence-corrected chi connectivity index (χ2v) is 8.08. The predicted molar refractivity (Wildman–Crippen MR) is 111 cm³/mol. The molecular formula is C23H27N4O2. The summed E-state index contributed by atoms with van der Waals surface area (Å²) in [6, 6.07) is 11.9. The molecule has 2 aromatic rings. The normalized spacial score (nSPS) is 21.3. The molecule has 0 spiro atoms. The zero-order chi connectivity index (χ0) is 20.4. The monoisotopic (exact) mass is 391 g/mol. The van der Waals surface area contributed by atoms with E-state index in [4.69, 9.17) is 5.73 Å². The Labute approximate surface area is 171 Å². The lowest BCUT2D eigenvalue weighted by molar-refractivity contribution is 0.0767. The molecule has 2 atom stereocenters. The zero-order valence-corrected chi connectivity index (χ0v) is 16.8. The summed E-state index contributed by atoms with van der Waals surface area (Å²) in [5.41, 5.74) is 7.91. The smallest absolute Gasteiger partial charge is 0.256 e. The summed E-state index contributed by atoms with van der Waals surface area (Å²) in [6.45, 7) is 6.30. The van der Waals surface area contributed by atoms with Crippen LogP contribution in [0.1, 0.15) is 38.4 Å². The molecule has 29 heavy (non-hydrogen) atoms. The second kappa shape index (κ2) is 8.33. The van der Waals surface area contributed by atoms with E-state index in [-0.39, 0.29) is 11.5 Å². The van der Waals surface area contributed by atoms with Crippen molar-refractivity contribution in [1.29, 1.82) is 0 Å². The average molecular weight is 391 g/mol. The van der Waals surface area contributed by atoms with Crippen molar-refractivity contribution < 1.29 is 9.59 Å². The van der Waals surface area contributed by atoms with Crippen molar-refractivity contribution in [3.63, 3.8) is 0 Å². The van der Waals surface area contributed by atoms with Gasteiger partial charge in [-0.15, -0.1) is 0 Å². The van der Waals surface area contributed by atoms with Crippen LogP contribution >= 0.6 is 0 Å². The number of likely N-dealkylation sites (tertiary alicyclic amines) is 2. The van der Waals surface area contributed by atoms with Crippen LogP contribution in [0, 0.1) is 25.2 Å². The minimum absolute atomic E-state index is 0.122. The Bertz CT molecular complexity index is 885. The van der Waals surface area contributed by atoms with Gasteiger partial charge in [-0.05, 0) is 49.8 Å². The molecule has 1 unspecified atom stereocenters. The summed E-state index contributed by atoms with van der Waals surface area (Å²) in [5.74, 6) is 0.274. The fourth-order valence-electron chi connectivity index (χ4n) is 4.64. The van der Waals surface area contributed by atoms with Gasteiger partial charge in [-0.3, -0.25) is 14.6 Å². The van der Waals surface area contributed by atoms with Gasteiger partial charge in [-0.2, -0.15) is 0 Å².